The van der Waals surface area contributed by atoms with E-state index in [4.69, 9.17) is 11.6 Å². The maximum atomic E-state index is 13.2. The second-order valence-electron chi connectivity index (χ2n) is 6.71. The SMILES string of the molecule is Cc1ccc(C(=O)Nc2cc(C(F)(F)F)ccc2N2CCCCC2)c(Cl)c1. The van der Waals surface area contributed by atoms with E-state index >= 15 is 0 Å². The summed E-state index contributed by atoms with van der Waals surface area (Å²) in [4.78, 5) is 14.7. The molecule has 0 saturated carbocycles. The summed E-state index contributed by atoms with van der Waals surface area (Å²) in [6.07, 6.45) is -1.45. The van der Waals surface area contributed by atoms with Gasteiger partial charge in [-0.2, -0.15) is 13.2 Å². The van der Waals surface area contributed by atoms with Crippen molar-refractivity contribution in [3.8, 4) is 0 Å². The molecule has 0 unspecified atom stereocenters. The summed E-state index contributed by atoms with van der Waals surface area (Å²) in [5.74, 6) is -0.530. The molecule has 1 heterocycles. The molecule has 1 fully saturated rings. The number of anilines is 2. The molecule has 2 aromatic rings. The quantitative estimate of drug-likeness (QED) is 0.699. The van der Waals surface area contributed by atoms with E-state index in [0.717, 1.165) is 50.0 Å². The average molecular weight is 397 g/mol. The van der Waals surface area contributed by atoms with Gasteiger partial charge in [0.1, 0.15) is 0 Å². The highest BCUT2D eigenvalue weighted by Gasteiger charge is 2.32. The fourth-order valence-electron chi connectivity index (χ4n) is 3.22. The number of piperidine rings is 1. The van der Waals surface area contributed by atoms with Crippen LogP contribution in [0.1, 0.15) is 40.7 Å². The molecule has 7 heteroatoms. The molecule has 1 amide bonds. The predicted octanol–water partition coefficient (Wildman–Crippen LogP) is 5.91. The Morgan fingerprint density at radius 3 is 2.41 bits per heavy atom. The molecule has 0 aromatic heterocycles. The number of rotatable bonds is 3. The molecule has 1 aliphatic heterocycles. The number of amides is 1. The molecule has 0 bridgehead atoms. The topological polar surface area (TPSA) is 32.3 Å². The predicted molar refractivity (Wildman–Crippen MR) is 102 cm³/mol. The molecule has 27 heavy (non-hydrogen) atoms. The van der Waals surface area contributed by atoms with Gasteiger partial charge in [0.25, 0.3) is 5.91 Å². The molecule has 0 atom stereocenters. The van der Waals surface area contributed by atoms with Crippen molar-refractivity contribution in [1.29, 1.82) is 0 Å². The molecule has 3 nitrogen and oxygen atoms in total. The minimum Gasteiger partial charge on any atom is -0.370 e. The Morgan fingerprint density at radius 2 is 1.78 bits per heavy atom. The number of benzene rings is 2. The lowest BCUT2D eigenvalue weighted by Gasteiger charge is -2.31. The summed E-state index contributed by atoms with van der Waals surface area (Å²) < 4.78 is 39.5. The molecule has 2 aromatic carbocycles. The first kappa shape index (κ1) is 19.5. The van der Waals surface area contributed by atoms with Crippen molar-refractivity contribution in [1.82, 2.24) is 0 Å². The summed E-state index contributed by atoms with van der Waals surface area (Å²) >= 11 is 6.13. The van der Waals surface area contributed by atoms with Gasteiger partial charge in [-0.3, -0.25) is 4.79 Å². The normalized spacial score (nSPS) is 14.9. The standard InChI is InChI=1S/C20H20ClF3N2O/c1-13-5-7-15(16(21)11-13)19(27)25-17-12-14(20(22,23)24)6-8-18(17)26-9-3-2-4-10-26/h5-8,11-12H,2-4,9-10H2,1H3,(H,25,27). The zero-order valence-electron chi connectivity index (χ0n) is 14.9. The highest BCUT2D eigenvalue weighted by atomic mass is 35.5. The van der Waals surface area contributed by atoms with Crippen LogP contribution in [0.2, 0.25) is 5.02 Å². The number of hydrogen-bond donors (Lipinski definition) is 1. The van der Waals surface area contributed by atoms with Crippen LogP contribution >= 0.6 is 11.6 Å². The molecule has 0 radical (unpaired) electrons. The molecular weight excluding hydrogens is 377 g/mol. The third-order valence-corrected chi connectivity index (χ3v) is 4.95. The lowest BCUT2D eigenvalue weighted by atomic mass is 10.1. The van der Waals surface area contributed by atoms with Crippen molar-refractivity contribution in [2.24, 2.45) is 0 Å². The zero-order valence-corrected chi connectivity index (χ0v) is 15.6. The zero-order chi connectivity index (χ0) is 19.6. The number of carbonyl (C=O) groups is 1. The lowest BCUT2D eigenvalue weighted by molar-refractivity contribution is -0.137. The second-order valence-corrected chi connectivity index (χ2v) is 7.12. The third kappa shape index (κ3) is 4.56. The average Bonchev–Trinajstić information content (AvgIpc) is 2.61. The van der Waals surface area contributed by atoms with Crippen LogP contribution < -0.4 is 10.2 Å². The molecule has 144 valence electrons. The minimum atomic E-state index is -4.48. The van der Waals surface area contributed by atoms with E-state index in [1.165, 1.54) is 6.07 Å². The van der Waals surface area contributed by atoms with Crippen molar-refractivity contribution in [3.05, 3.63) is 58.1 Å². The van der Waals surface area contributed by atoms with E-state index in [-0.39, 0.29) is 16.3 Å². The summed E-state index contributed by atoms with van der Waals surface area (Å²) in [6.45, 7) is 3.34. The Kier molecular flexibility index (Phi) is 5.65. The Balaban J connectivity index is 1.96. The number of nitrogens with zero attached hydrogens (tertiary/aromatic N) is 1. The molecule has 0 aliphatic carbocycles. The van der Waals surface area contributed by atoms with Crippen LogP contribution in [0.3, 0.4) is 0 Å². The second kappa shape index (κ2) is 7.80. The molecule has 3 rings (SSSR count). The number of aryl methyl sites for hydroxylation is 1. The minimum absolute atomic E-state index is 0.147. The first-order valence-electron chi connectivity index (χ1n) is 8.79. The summed E-state index contributed by atoms with van der Waals surface area (Å²) in [5.41, 5.74) is 1.06. The number of halogens is 4. The van der Waals surface area contributed by atoms with Crippen molar-refractivity contribution in [3.63, 3.8) is 0 Å². The van der Waals surface area contributed by atoms with Gasteiger partial charge in [0, 0.05) is 13.1 Å². The first-order valence-corrected chi connectivity index (χ1v) is 9.17. The molecule has 1 saturated heterocycles. The van der Waals surface area contributed by atoms with E-state index in [1.54, 1.807) is 18.2 Å². The maximum Gasteiger partial charge on any atom is 0.416 e. The van der Waals surface area contributed by atoms with Crippen LogP contribution in [-0.4, -0.2) is 19.0 Å². The smallest absolute Gasteiger partial charge is 0.370 e. The van der Waals surface area contributed by atoms with Gasteiger partial charge in [0.2, 0.25) is 0 Å². The van der Waals surface area contributed by atoms with Crippen molar-refractivity contribution >= 4 is 28.9 Å². The largest absolute Gasteiger partial charge is 0.416 e. The number of alkyl halides is 3. The van der Waals surface area contributed by atoms with E-state index < -0.39 is 17.6 Å². The monoisotopic (exact) mass is 396 g/mol. The number of nitrogens with one attached hydrogen (secondary N) is 1. The van der Waals surface area contributed by atoms with Gasteiger partial charge >= 0.3 is 6.18 Å². The van der Waals surface area contributed by atoms with Gasteiger partial charge in [-0.1, -0.05) is 17.7 Å². The van der Waals surface area contributed by atoms with Crippen molar-refractivity contribution < 1.29 is 18.0 Å². The molecule has 1 aliphatic rings. The van der Waals surface area contributed by atoms with Crippen LogP contribution in [0.25, 0.3) is 0 Å². The van der Waals surface area contributed by atoms with Gasteiger partial charge < -0.3 is 10.2 Å². The van der Waals surface area contributed by atoms with Crippen LogP contribution in [0.5, 0.6) is 0 Å². The van der Waals surface area contributed by atoms with E-state index in [0.29, 0.717) is 5.69 Å². The lowest BCUT2D eigenvalue weighted by Crippen LogP contribution is -2.30. The summed E-state index contributed by atoms with van der Waals surface area (Å²) in [6, 6.07) is 8.43. The van der Waals surface area contributed by atoms with Crippen LogP contribution in [0, 0.1) is 6.92 Å². The fourth-order valence-corrected chi connectivity index (χ4v) is 3.54. The Morgan fingerprint density at radius 1 is 1.07 bits per heavy atom. The summed E-state index contributed by atoms with van der Waals surface area (Å²) in [7, 11) is 0. The Bertz CT molecular complexity index is 846. The van der Waals surface area contributed by atoms with Crippen LogP contribution in [0.15, 0.2) is 36.4 Å². The third-order valence-electron chi connectivity index (χ3n) is 4.64. The molecular formula is C20H20ClF3N2O. The van der Waals surface area contributed by atoms with Crippen LogP contribution in [0.4, 0.5) is 24.5 Å². The van der Waals surface area contributed by atoms with Gasteiger partial charge in [0.15, 0.2) is 0 Å². The van der Waals surface area contributed by atoms with Crippen molar-refractivity contribution in [2.75, 3.05) is 23.3 Å². The Hall–Kier alpha value is -2.21. The van der Waals surface area contributed by atoms with Gasteiger partial charge in [0.05, 0.1) is 27.5 Å². The highest BCUT2D eigenvalue weighted by Crippen LogP contribution is 2.36. The maximum absolute atomic E-state index is 13.2. The molecule has 0 spiro atoms. The highest BCUT2D eigenvalue weighted by molar-refractivity contribution is 6.34. The van der Waals surface area contributed by atoms with E-state index in [9.17, 15) is 18.0 Å². The van der Waals surface area contributed by atoms with Crippen molar-refractivity contribution in [2.45, 2.75) is 32.4 Å². The summed E-state index contributed by atoms with van der Waals surface area (Å²) in [5, 5.41) is 2.89. The van der Waals surface area contributed by atoms with Gasteiger partial charge in [-0.25, -0.2) is 0 Å². The number of hydrogen-bond acceptors (Lipinski definition) is 2. The Labute approximate surface area is 161 Å². The van der Waals surface area contributed by atoms with E-state index in [2.05, 4.69) is 5.32 Å². The first-order chi connectivity index (χ1) is 12.8. The fraction of sp³-hybridized carbons (Fsp3) is 0.350. The number of carbonyl (C=O) groups excluding carboxylic acids is 1. The van der Waals surface area contributed by atoms with Crippen LogP contribution in [-0.2, 0) is 6.18 Å². The van der Waals surface area contributed by atoms with Gasteiger partial charge in [-0.15, -0.1) is 0 Å². The van der Waals surface area contributed by atoms with Gasteiger partial charge in [-0.05, 0) is 62.1 Å². The van der Waals surface area contributed by atoms with E-state index in [1.807, 2.05) is 11.8 Å². The molecule has 1 N–H and O–H groups in total.